The maximum atomic E-state index is 12.7. The summed E-state index contributed by atoms with van der Waals surface area (Å²) in [5.41, 5.74) is -3.45. The van der Waals surface area contributed by atoms with Crippen molar-refractivity contribution in [3.8, 4) is 0 Å². The molecule has 9 heteroatoms. The van der Waals surface area contributed by atoms with Gasteiger partial charge in [0.05, 0.1) is 17.2 Å². The van der Waals surface area contributed by atoms with Crippen LogP contribution in [0.15, 0.2) is 18.2 Å². The second-order valence-corrected chi connectivity index (χ2v) is 4.93. The lowest BCUT2D eigenvalue weighted by Gasteiger charge is -2.16. The van der Waals surface area contributed by atoms with Gasteiger partial charge in [-0.15, -0.1) is 0 Å². The van der Waals surface area contributed by atoms with E-state index >= 15 is 0 Å². The average Bonchev–Trinajstić information content (AvgIpc) is 2.90. The number of anilines is 1. The van der Waals surface area contributed by atoms with Crippen molar-refractivity contribution < 1.29 is 31.1 Å². The van der Waals surface area contributed by atoms with Crippen LogP contribution in [0, 0.1) is 0 Å². The molecule has 0 aliphatic carbocycles. The molecular weight excluding hydrogens is 314 g/mol. The SMILES string of the molecule is O=C(Nc1cc(C(F)(F)F)cc(C(F)(F)F)c1)C1CCCN1. The zero-order chi connectivity index (χ0) is 16.5. The van der Waals surface area contributed by atoms with Crippen molar-refractivity contribution in [2.45, 2.75) is 31.2 Å². The molecule has 1 saturated heterocycles. The molecule has 22 heavy (non-hydrogen) atoms. The molecular formula is C13H12F6N2O. The molecule has 1 heterocycles. The van der Waals surface area contributed by atoms with Crippen LogP contribution in [-0.4, -0.2) is 18.5 Å². The van der Waals surface area contributed by atoms with E-state index < -0.39 is 41.1 Å². The number of carbonyl (C=O) groups is 1. The van der Waals surface area contributed by atoms with Crippen LogP contribution >= 0.6 is 0 Å². The molecule has 1 aromatic rings. The number of alkyl halides is 6. The normalized spacial score (nSPS) is 19.3. The minimum absolute atomic E-state index is 0.0173. The second-order valence-electron chi connectivity index (χ2n) is 4.93. The van der Waals surface area contributed by atoms with Gasteiger partial charge >= 0.3 is 12.4 Å². The smallest absolute Gasteiger partial charge is 0.325 e. The first kappa shape index (κ1) is 16.6. The number of rotatable bonds is 2. The lowest BCUT2D eigenvalue weighted by atomic mass is 10.1. The monoisotopic (exact) mass is 326 g/mol. The van der Waals surface area contributed by atoms with Gasteiger partial charge in [0.2, 0.25) is 5.91 Å². The van der Waals surface area contributed by atoms with Crippen LogP contribution in [0.25, 0.3) is 0 Å². The molecule has 2 rings (SSSR count). The van der Waals surface area contributed by atoms with Crippen molar-refractivity contribution in [3.63, 3.8) is 0 Å². The highest BCUT2D eigenvalue weighted by Gasteiger charge is 2.37. The lowest BCUT2D eigenvalue weighted by molar-refractivity contribution is -0.143. The molecule has 1 aromatic carbocycles. The molecule has 0 bridgehead atoms. The molecule has 1 aliphatic heterocycles. The Morgan fingerprint density at radius 3 is 2.00 bits per heavy atom. The summed E-state index contributed by atoms with van der Waals surface area (Å²) in [6, 6.07) is 0.386. The van der Waals surface area contributed by atoms with Gasteiger partial charge in [0.15, 0.2) is 0 Å². The van der Waals surface area contributed by atoms with E-state index in [1.807, 2.05) is 0 Å². The van der Waals surface area contributed by atoms with Gasteiger partial charge in [-0.3, -0.25) is 4.79 Å². The molecule has 2 N–H and O–H groups in total. The van der Waals surface area contributed by atoms with Gasteiger partial charge < -0.3 is 10.6 Å². The Hall–Kier alpha value is -1.77. The maximum absolute atomic E-state index is 12.7. The second kappa shape index (κ2) is 5.79. The molecule has 0 saturated carbocycles. The Morgan fingerprint density at radius 2 is 1.59 bits per heavy atom. The highest BCUT2D eigenvalue weighted by atomic mass is 19.4. The van der Waals surface area contributed by atoms with Crippen molar-refractivity contribution in [2.75, 3.05) is 11.9 Å². The molecule has 1 fully saturated rings. The maximum Gasteiger partial charge on any atom is 0.416 e. The Kier molecular flexibility index (Phi) is 4.37. The number of benzene rings is 1. The van der Waals surface area contributed by atoms with E-state index in [0.717, 1.165) is 0 Å². The quantitative estimate of drug-likeness (QED) is 0.818. The molecule has 122 valence electrons. The van der Waals surface area contributed by atoms with Crippen molar-refractivity contribution in [2.24, 2.45) is 0 Å². The van der Waals surface area contributed by atoms with E-state index in [4.69, 9.17) is 0 Å². The number of nitrogens with one attached hydrogen (secondary N) is 2. The summed E-state index contributed by atoms with van der Waals surface area (Å²) in [6.07, 6.45) is -8.68. The van der Waals surface area contributed by atoms with Crippen molar-refractivity contribution in [3.05, 3.63) is 29.3 Å². The van der Waals surface area contributed by atoms with E-state index in [9.17, 15) is 31.1 Å². The summed E-state index contributed by atoms with van der Waals surface area (Å²) in [5.74, 6) is -0.648. The molecule has 1 amide bonds. The van der Waals surface area contributed by atoms with E-state index in [2.05, 4.69) is 10.6 Å². The van der Waals surface area contributed by atoms with E-state index in [1.54, 1.807) is 0 Å². The summed E-state index contributed by atoms with van der Waals surface area (Å²) in [5, 5.41) is 4.92. The summed E-state index contributed by atoms with van der Waals surface area (Å²) in [7, 11) is 0. The number of amides is 1. The third-order valence-corrected chi connectivity index (χ3v) is 3.23. The number of carbonyl (C=O) groups excluding carboxylic acids is 1. The highest BCUT2D eigenvalue weighted by Crippen LogP contribution is 2.37. The van der Waals surface area contributed by atoms with Crippen LogP contribution in [0.2, 0.25) is 0 Å². The Labute approximate surface area is 121 Å². The fraction of sp³-hybridized carbons (Fsp3) is 0.462. The van der Waals surface area contributed by atoms with Crippen LogP contribution in [0.5, 0.6) is 0 Å². The molecule has 0 radical (unpaired) electrons. The fourth-order valence-corrected chi connectivity index (χ4v) is 2.16. The minimum Gasteiger partial charge on any atom is -0.325 e. The predicted molar refractivity (Wildman–Crippen MR) is 66.1 cm³/mol. The van der Waals surface area contributed by atoms with Crippen LogP contribution in [0.4, 0.5) is 32.0 Å². The molecule has 1 unspecified atom stereocenters. The van der Waals surface area contributed by atoms with Gasteiger partial charge in [-0.25, -0.2) is 0 Å². The topological polar surface area (TPSA) is 41.1 Å². The first-order valence-corrected chi connectivity index (χ1v) is 6.41. The summed E-state index contributed by atoms with van der Waals surface area (Å²) < 4.78 is 76.1. The zero-order valence-corrected chi connectivity index (χ0v) is 11.1. The average molecular weight is 326 g/mol. The molecule has 0 aromatic heterocycles. The highest BCUT2D eigenvalue weighted by molar-refractivity contribution is 5.95. The summed E-state index contributed by atoms with van der Waals surface area (Å²) in [6.45, 7) is 0.578. The Bertz CT molecular complexity index is 528. The minimum atomic E-state index is -4.94. The van der Waals surface area contributed by atoms with Gasteiger partial charge in [0.25, 0.3) is 0 Å². The lowest BCUT2D eigenvalue weighted by Crippen LogP contribution is -2.35. The molecule has 1 aliphatic rings. The number of hydrogen-bond acceptors (Lipinski definition) is 2. The van der Waals surface area contributed by atoms with Crippen molar-refractivity contribution in [1.82, 2.24) is 5.32 Å². The number of hydrogen-bond donors (Lipinski definition) is 2. The van der Waals surface area contributed by atoms with Gasteiger partial charge in [0.1, 0.15) is 0 Å². The first-order chi connectivity index (χ1) is 10.1. The van der Waals surface area contributed by atoms with Crippen LogP contribution in [0.1, 0.15) is 24.0 Å². The van der Waals surface area contributed by atoms with Crippen LogP contribution in [0.3, 0.4) is 0 Å². The molecule has 1 atom stereocenters. The molecule has 0 spiro atoms. The van der Waals surface area contributed by atoms with E-state index in [1.165, 1.54) is 0 Å². The third-order valence-electron chi connectivity index (χ3n) is 3.23. The van der Waals surface area contributed by atoms with E-state index in [0.29, 0.717) is 31.5 Å². The Balaban J connectivity index is 2.31. The number of halogens is 6. The predicted octanol–water partition coefficient (Wildman–Crippen LogP) is 3.41. The van der Waals surface area contributed by atoms with Crippen molar-refractivity contribution in [1.29, 1.82) is 0 Å². The Morgan fingerprint density at radius 1 is 1.05 bits per heavy atom. The largest absolute Gasteiger partial charge is 0.416 e. The van der Waals surface area contributed by atoms with E-state index in [-0.39, 0.29) is 6.07 Å². The molecule has 3 nitrogen and oxygen atoms in total. The summed E-state index contributed by atoms with van der Waals surface area (Å²) in [4.78, 5) is 11.8. The van der Waals surface area contributed by atoms with Crippen LogP contribution in [-0.2, 0) is 17.1 Å². The first-order valence-electron chi connectivity index (χ1n) is 6.41. The standard InChI is InChI=1S/C13H12F6N2O/c14-12(15,16)7-4-8(13(17,18)19)6-9(5-7)21-11(22)10-2-1-3-20-10/h4-6,10,20H,1-3H2,(H,21,22). The van der Waals surface area contributed by atoms with Gasteiger partial charge in [-0.05, 0) is 37.6 Å². The van der Waals surface area contributed by atoms with Crippen LogP contribution < -0.4 is 10.6 Å². The van der Waals surface area contributed by atoms with Crippen molar-refractivity contribution >= 4 is 11.6 Å². The third kappa shape index (κ3) is 3.90. The van der Waals surface area contributed by atoms with Gasteiger partial charge in [0, 0.05) is 5.69 Å². The van der Waals surface area contributed by atoms with Gasteiger partial charge in [-0.1, -0.05) is 0 Å². The summed E-state index contributed by atoms with van der Waals surface area (Å²) >= 11 is 0. The fourth-order valence-electron chi connectivity index (χ4n) is 2.16. The van der Waals surface area contributed by atoms with Gasteiger partial charge in [-0.2, -0.15) is 26.3 Å². The zero-order valence-electron chi connectivity index (χ0n) is 11.1.